The van der Waals surface area contributed by atoms with Crippen molar-refractivity contribution >= 4 is 17.9 Å². The lowest BCUT2D eigenvalue weighted by molar-refractivity contribution is -0.142. The van der Waals surface area contributed by atoms with Crippen molar-refractivity contribution < 1.29 is 34.4 Å². The Balaban J connectivity index is 0. The number of aliphatic carboxylic acids is 2. The number of hydrogen-bond donors (Lipinski definition) is 5. The molecule has 0 heterocycles. The zero-order valence-electron chi connectivity index (χ0n) is 11.3. The summed E-state index contributed by atoms with van der Waals surface area (Å²) < 4.78 is 4.29. The molecule has 2 atom stereocenters. The zero-order chi connectivity index (χ0) is 16.1. The first-order chi connectivity index (χ1) is 9.26. The second-order valence-corrected chi connectivity index (χ2v) is 3.87. The van der Waals surface area contributed by atoms with Crippen molar-refractivity contribution in [2.24, 2.45) is 11.5 Å². The van der Waals surface area contributed by atoms with Gasteiger partial charge in [-0.2, -0.15) is 0 Å². The van der Waals surface area contributed by atoms with Crippen LogP contribution in [0.3, 0.4) is 0 Å². The molecule has 0 fully saturated rings. The van der Waals surface area contributed by atoms with E-state index < -0.39 is 30.0 Å². The highest BCUT2D eigenvalue weighted by atomic mass is 16.5. The molecule has 7 N–H and O–H groups in total. The topological polar surface area (TPSA) is 173 Å². The van der Waals surface area contributed by atoms with E-state index in [-0.39, 0.29) is 19.4 Å². The van der Waals surface area contributed by atoms with Gasteiger partial charge in [-0.15, -0.1) is 0 Å². The van der Waals surface area contributed by atoms with Gasteiger partial charge in [0.05, 0.1) is 7.11 Å². The summed E-state index contributed by atoms with van der Waals surface area (Å²) in [6.07, 6.45) is 0.950. The molecule has 9 nitrogen and oxygen atoms in total. The van der Waals surface area contributed by atoms with Gasteiger partial charge < -0.3 is 31.5 Å². The summed E-state index contributed by atoms with van der Waals surface area (Å²) in [4.78, 5) is 30.6. The standard InChI is InChI=1S/C6H11NO4.C5H11NO3/c1-11-5(8)3-2-4(7)6(9)10;6-4(5(8)9)2-1-3-7/h4H,2-3,7H2,1H3,(H,9,10);4,7H,1-3,6H2,(H,8,9)/t2*4-/m00/s1. The molecule has 20 heavy (non-hydrogen) atoms. The highest BCUT2D eigenvalue weighted by Crippen LogP contribution is 1.95. The third-order valence-corrected chi connectivity index (χ3v) is 2.19. The molecule has 0 aliphatic rings. The fourth-order valence-corrected chi connectivity index (χ4v) is 0.934. The molecule has 118 valence electrons. The summed E-state index contributed by atoms with van der Waals surface area (Å²) in [6, 6.07) is -1.80. The van der Waals surface area contributed by atoms with Crippen molar-refractivity contribution in [3.63, 3.8) is 0 Å². The molecule has 0 rings (SSSR count). The van der Waals surface area contributed by atoms with Crippen LogP contribution in [-0.4, -0.2) is 59.0 Å². The van der Waals surface area contributed by atoms with Crippen molar-refractivity contribution in [1.82, 2.24) is 0 Å². The molecule has 0 amide bonds. The Labute approximate surface area is 116 Å². The highest BCUT2D eigenvalue weighted by molar-refractivity contribution is 5.75. The fraction of sp³-hybridized carbons (Fsp3) is 0.727. The van der Waals surface area contributed by atoms with E-state index in [1.807, 2.05) is 0 Å². The number of carbonyl (C=O) groups excluding carboxylic acids is 1. The van der Waals surface area contributed by atoms with Crippen LogP contribution in [0, 0.1) is 0 Å². The largest absolute Gasteiger partial charge is 0.480 e. The van der Waals surface area contributed by atoms with Gasteiger partial charge in [0.2, 0.25) is 0 Å². The monoisotopic (exact) mass is 294 g/mol. The molecule has 0 aromatic rings. The lowest BCUT2D eigenvalue weighted by Crippen LogP contribution is -2.30. The Hall–Kier alpha value is -1.71. The van der Waals surface area contributed by atoms with Crippen LogP contribution in [0.1, 0.15) is 25.7 Å². The van der Waals surface area contributed by atoms with Gasteiger partial charge in [-0.3, -0.25) is 14.4 Å². The Bertz CT molecular complexity index is 309. The Kier molecular flexibility index (Phi) is 12.7. The predicted octanol–water partition coefficient (Wildman–Crippen LogP) is -1.48. The number of aliphatic hydroxyl groups excluding tert-OH is 1. The quantitative estimate of drug-likeness (QED) is 0.334. The number of carbonyl (C=O) groups is 3. The normalized spacial score (nSPS) is 12.6. The molecule has 0 aromatic carbocycles. The Morgan fingerprint density at radius 2 is 1.50 bits per heavy atom. The van der Waals surface area contributed by atoms with Crippen molar-refractivity contribution in [2.75, 3.05) is 13.7 Å². The summed E-state index contributed by atoms with van der Waals surface area (Å²) >= 11 is 0. The van der Waals surface area contributed by atoms with Crippen LogP contribution >= 0.6 is 0 Å². The van der Waals surface area contributed by atoms with Crippen LogP contribution in [0.4, 0.5) is 0 Å². The van der Waals surface area contributed by atoms with Crippen molar-refractivity contribution in [1.29, 1.82) is 0 Å². The Morgan fingerprint density at radius 1 is 1.05 bits per heavy atom. The SMILES string of the molecule is COC(=O)CC[C@H](N)C(=O)O.N[C@@H](CCCO)C(=O)O. The third-order valence-electron chi connectivity index (χ3n) is 2.19. The second kappa shape index (κ2) is 12.3. The molecular weight excluding hydrogens is 272 g/mol. The van der Waals surface area contributed by atoms with E-state index in [4.69, 9.17) is 26.8 Å². The van der Waals surface area contributed by atoms with Gasteiger partial charge in [0.1, 0.15) is 12.1 Å². The maximum absolute atomic E-state index is 10.5. The first kappa shape index (κ1) is 20.6. The van der Waals surface area contributed by atoms with Crippen LogP contribution < -0.4 is 11.5 Å². The third kappa shape index (κ3) is 12.7. The van der Waals surface area contributed by atoms with Gasteiger partial charge >= 0.3 is 17.9 Å². The van der Waals surface area contributed by atoms with E-state index >= 15 is 0 Å². The van der Waals surface area contributed by atoms with Gasteiger partial charge in [-0.1, -0.05) is 0 Å². The number of aliphatic hydroxyl groups is 1. The number of carboxylic acids is 2. The molecule has 0 bridgehead atoms. The summed E-state index contributed by atoms with van der Waals surface area (Å²) in [7, 11) is 1.24. The number of methoxy groups -OCH3 is 1. The number of hydrogen-bond acceptors (Lipinski definition) is 7. The van der Waals surface area contributed by atoms with Crippen molar-refractivity contribution in [3.8, 4) is 0 Å². The Morgan fingerprint density at radius 3 is 1.85 bits per heavy atom. The van der Waals surface area contributed by atoms with Crippen molar-refractivity contribution in [2.45, 2.75) is 37.8 Å². The molecule has 0 unspecified atom stereocenters. The van der Waals surface area contributed by atoms with E-state index in [0.29, 0.717) is 12.8 Å². The molecule has 9 heteroatoms. The maximum atomic E-state index is 10.5. The van der Waals surface area contributed by atoms with Gasteiger partial charge in [0.15, 0.2) is 0 Å². The summed E-state index contributed by atoms with van der Waals surface area (Å²) in [5, 5.41) is 24.7. The van der Waals surface area contributed by atoms with E-state index in [1.165, 1.54) is 7.11 Å². The molecular formula is C11H22N2O7. The maximum Gasteiger partial charge on any atom is 0.320 e. The second-order valence-electron chi connectivity index (χ2n) is 3.87. The zero-order valence-corrected chi connectivity index (χ0v) is 11.3. The number of ether oxygens (including phenoxy) is 1. The lowest BCUT2D eigenvalue weighted by atomic mass is 10.2. The average molecular weight is 294 g/mol. The minimum absolute atomic E-state index is 0.000972. The molecule has 0 radical (unpaired) electrons. The number of nitrogens with two attached hydrogens (primary N) is 2. The van der Waals surface area contributed by atoms with E-state index in [9.17, 15) is 14.4 Å². The molecule has 0 aromatic heterocycles. The minimum Gasteiger partial charge on any atom is -0.480 e. The number of rotatable bonds is 8. The molecule has 0 aliphatic heterocycles. The van der Waals surface area contributed by atoms with Crippen molar-refractivity contribution in [3.05, 3.63) is 0 Å². The highest BCUT2D eigenvalue weighted by Gasteiger charge is 2.13. The van der Waals surface area contributed by atoms with Gasteiger partial charge in [0, 0.05) is 13.0 Å². The smallest absolute Gasteiger partial charge is 0.320 e. The molecule has 0 aliphatic carbocycles. The number of carboxylic acid groups (broad SMARTS) is 2. The first-order valence-electron chi connectivity index (χ1n) is 5.90. The molecule has 0 saturated heterocycles. The lowest BCUT2D eigenvalue weighted by Gasteiger charge is -2.03. The summed E-state index contributed by atoms with van der Waals surface area (Å²) in [6.45, 7) is 0.000972. The van der Waals surface area contributed by atoms with E-state index in [0.717, 1.165) is 0 Å². The van der Waals surface area contributed by atoms with Gasteiger partial charge in [-0.25, -0.2) is 0 Å². The van der Waals surface area contributed by atoms with Gasteiger partial charge in [0.25, 0.3) is 0 Å². The fourth-order valence-electron chi connectivity index (χ4n) is 0.934. The number of esters is 1. The van der Waals surface area contributed by atoms with Crippen LogP contribution in [0.2, 0.25) is 0 Å². The first-order valence-corrected chi connectivity index (χ1v) is 5.90. The van der Waals surface area contributed by atoms with Crippen LogP contribution in [0.5, 0.6) is 0 Å². The van der Waals surface area contributed by atoms with Crippen LogP contribution in [0.25, 0.3) is 0 Å². The summed E-state index contributed by atoms with van der Waals surface area (Å²) in [5.41, 5.74) is 10.2. The van der Waals surface area contributed by atoms with Crippen LogP contribution in [0.15, 0.2) is 0 Å². The van der Waals surface area contributed by atoms with Gasteiger partial charge in [-0.05, 0) is 19.3 Å². The van der Waals surface area contributed by atoms with E-state index in [2.05, 4.69) is 4.74 Å². The van der Waals surface area contributed by atoms with Crippen LogP contribution in [-0.2, 0) is 19.1 Å². The predicted molar refractivity (Wildman–Crippen MR) is 68.8 cm³/mol. The molecule has 0 spiro atoms. The van der Waals surface area contributed by atoms with E-state index in [1.54, 1.807) is 0 Å². The minimum atomic E-state index is -1.10. The average Bonchev–Trinajstić information content (AvgIpc) is 2.41. The molecule has 0 saturated carbocycles. The summed E-state index contributed by atoms with van der Waals surface area (Å²) in [5.74, 6) is -2.56.